The molecule has 0 unspecified atom stereocenters. The van der Waals surface area contributed by atoms with Crippen molar-refractivity contribution in [3.05, 3.63) is 71.3 Å². The summed E-state index contributed by atoms with van der Waals surface area (Å²) in [6.45, 7) is 1.28. The molecule has 0 saturated heterocycles. The average Bonchev–Trinajstić information content (AvgIpc) is 2.53. The summed E-state index contributed by atoms with van der Waals surface area (Å²) < 4.78 is 0. The highest BCUT2D eigenvalue weighted by Gasteiger charge is 2.05. The number of hydrogen-bond donors (Lipinski definition) is 3. The molecular weight excluding hydrogens is 314 g/mol. The van der Waals surface area contributed by atoms with Crippen molar-refractivity contribution in [1.82, 2.24) is 5.32 Å². The highest BCUT2D eigenvalue weighted by Crippen LogP contribution is 2.10. The molecule has 0 aliphatic rings. The molecule has 0 aliphatic carbocycles. The standard InChI is InChI=1S/C18H21NO3.ClH/c20-17(16-4-2-1-3-5-16)13-19-11-10-14-6-8-15(9-7-14)12-18(21)22;/h1-9,17,19-20H,10-13H2,(H,21,22);1H/t17-;/m0./s1. The van der Waals surface area contributed by atoms with Crippen LogP contribution in [0.3, 0.4) is 0 Å². The first-order valence-electron chi connectivity index (χ1n) is 7.38. The molecule has 2 aromatic carbocycles. The summed E-state index contributed by atoms with van der Waals surface area (Å²) in [5, 5.41) is 22.0. The lowest BCUT2D eigenvalue weighted by Gasteiger charge is -2.12. The van der Waals surface area contributed by atoms with Crippen LogP contribution in [0.1, 0.15) is 22.8 Å². The number of rotatable bonds is 8. The summed E-state index contributed by atoms with van der Waals surface area (Å²) in [5.74, 6) is -0.815. The monoisotopic (exact) mass is 335 g/mol. The molecule has 1 atom stereocenters. The van der Waals surface area contributed by atoms with Gasteiger partial charge in [-0.25, -0.2) is 0 Å². The zero-order chi connectivity index (χ0) is 15.8. The van der Waals surface area contributed by atoms with E-state index in [1.165, 1.54) is 0 Å². The van der Waals surface area contributed by atoms with Gasteiger partial charge in [0.2, 0.25) is 0 Å². The van der Waals surface area contributed by atoms with Crippen LogP contribution in [0.2, 0.25) is 0 Å². The fraction of sp³-hybridized carbons (Fsp3) is 0.278. The number of carboxylic acids is 1. The Bertz CT molecular complexity index is 587. The Morgan fingerprint density at radius 2 is 1.61 bits per heavy atom. The van der Waals surface area contributed by atoms with Crippen molar-refractivity contribution in [1.29, 1.82) is 0 Å². The Morgan fingerprint density at radius 3 is 2.22 bits per heavy atom. The van der Waals surface area contributed by atoms with E-state index in [2.05, 4.69) is 5.32 Å². The quantitative estimate of drug-likeness (QED) is 0.649. The molecule has 3 N–H and O–H groups in total. The van der Waals surface area contributed by atoms with E-state index in [9.17, 15) is 9.90 Å². The maximum absolute atomic E-state index is 10.6. The van der Waals surface area contributed by atoms with Crippen molar-refractivity contribution in [2.75, 3.05) is 13.1 Å². The van der Waals surface area contributed by atoms with Crippen molar-refractivity contribution < 1.29 is 15.0 Å². The molecule has 0 spiro atoms. The van der Waals surface area contributed by atoms with Gasteiger partial charge in [-0.15, -0.1) is 12.4 Å². The number of aliphatic hydroxyl groups is 1. The lowest BCUT2D eigenvalue weighted by Crippen LogP contribution is -2.23. The highest BCUT2D eigenvalue weighted by atomic mass is 35.5. The molecule has 23 heavy (non-hydrogen) atoms. The van der Waals surface area contributed by atoms with Gasteiger partial charge in [0.25, 0.3) is 0 Å². The lowest BCUT2D eigenvalue weighted by atomic mass is 10.1. The van der Waals surface area contributed by atoms with E-state index in [4.69, 9.17) is 5.11 Å². The minimum Gasteiger partial charge on any atom is -0.481 e. The Morgan fingerprint density at radius 1 is 1.00 bits per heavy atom. The fourth-order valence-corrected chi connectivity index (χ4v) is 2.26. The molecule has 0 fully saturated rings. The molecule has 0 heterocycles. The highest BCUT2D eigenvalue weighted by molar-refractivity contribution is 5.85. The first-order chi connectivity index (χ1) is 10.6. The Balaban J connectivity index is 0.00000264. The van der Waals surface area contributed by atoms with E-state index in [0.717, 1.165) is 29.7 Å². The van der Waals surface area contributed by atoms with Crippen LogP contribution in [0.15, 0.2) is 54.6 Å². The minimum atomic E-state index is -0.815. The second-order valence-corrected chi connectivity index (χ2v) is 5.27. The molecule has 0 aromatic heterocycles. The SMILES string of the molecule is Cl.O=C(O)Cc1ccc(CCNC[C@H](O)c2ccccc2)cc1. The maximum atomic E-state index is 10.6. The normalized spacial score (nSPS) is 11.5. The zero-order valence-electron chi connectivity index (χ0n) is 12.8. The summed E-state index contributed by atoms with van der Waals surface area (Å²) in [5.41, 5.74) is 2.87. The molecule has 0 radical (unpaired) electrons. The molecule has 2 rings (SSSR count). The summed E-state index contributed by atoms with van der Waals surface area (Å²) in [7, 11) is 0. The largest absolute Gasteiger partial charge is 0.481 e. The summed E-state index contributed by atoms with van der Waals surface area (Å²) in [4.78, 5) is 10.6. The van der Waals surface area contributed by atoms with Crippen LogP contribution >= 0.6 is 12.4 Å². The van der Waals surface area contributed by atoms with E-state index in [1.54, 1.807) is 0 Å². The number of benzene rings is 2. The molecule has 0 aliphatic heterocycles. The number of aliphatic carboxylic acids is 1. The van der Waals surface area contributed by atoms with E-state index in [0.29, 0.717) is 6.54 Å². The van der Waals surface area contributed by atoms with Crippen LogP contribution in [0, 0.1) is 0 Å². The number of aliphatic hydroxyl groups excluding tert-OH is 1. The average molecular weight is 336 g/mol. The first-order valence-corrected chi connectivity index (χ1v) is 7.38. The van der Waals surface area contributed by atoms with Gasteiger partial charge in [-0.2, -0.15) is 0 Å². The van der Waals surface area contributed by atoms with Crippen molar-refractivity contribution in [3.8, 4) is 0 Å². The van der Waals surface area contributed by atoms with Crippen molar-refractivity contribution in [2.24, 2.45) is 0 Å². The molecule has 0 bridgehead atoms. The third kappa shape index (κ3) is 6.82. The molecule has 124 valence electrons. The van der Waals surface area contributed by atoms with E-state index >= 15 is 0 Å². The predicted octanol–water partition coefficient (Wildman–Crippen LogP) is 2.60. The third-order valence-electron chi connectivity index (χ3n) is 3.49. The van der Waals surface area contributed by atoms with Crippen LogP contribution in [-0.2, 0) is 17.6 Å². The molecule has 0 amide bonds. The Kier molecular flexibility index (Phi) is 8.33. The molecule has 4 nitrogen and oxygen atoms in total. The third-order valence-corrected chi connectivity index (χ3v) is 3.49. The van der Waals surface area contributed by atoms with Gasteiger partial charge in [0.05, 0.1) is 12.5 Å². The molecule has 5 heteroatoms. The predicted molar refractivity (Wildman–Crippen MR) is 93.0 cm³/mol. The maximum Gasteiger partial charge on any atom is 0.307 e. The van der Waals surface area contributed by atoms with Crippen LogP contribution in [0.25, 0.3) is 0 Å². The van der Waals surface area contributed by atoms with Gasteiger partial charge < -0.3 is 15.5 Å². The number of halogens is 1. The number of nitrogens with one attached hydrogen (secondary N) is 1. The Hall–Kier alpha value is -1.88. The Labute approximate surface area is 142 Å². The summed E-state index contributed by atoms with van der Waals surface area (Å²) in [6.07, 6.45) is 0.399. The number of carbonyl (C=O) groups is 1. The second-order valence-electron chi connectivity index (χ2n) is 5.27. The smallest absolute Gasteiger partial charge is 0.307 e. The van der Waals surface area contributed by atoms with Gasteiger partial charge >= 0.3 is 5.97 Å². The topological polar surface area (TPSA) is 69.6 Å². The van der Waals surface area contributed by atoms with Crippen molar-refractivity contribution in [2.45, 2.75) is 18.9 Å². The number of hydrogen-bond acceptors (Lipinski definition) is 3. The van der Waals surface area contributed by atoms with E-state index in [1.807, 2.05) is 54.6 Å². The fourth-order valence-electron chi connectivity index (χ4n) is 2.26. The zero-order valence-corrected chi connectivity index (χ0v) is 13.6. The van der Waals surface area contributed by atoms with Crippen LogP contribution in [-0.4, -0.2) is 29.3 Å². The van der Waals surface area contributed by atoms with Crippen molar-refractivity contribution >= 4 is 18.4 Å². The van der Waals surface area contributed by atoms with Gasteiger partial charge in [0, 0.05) is 6.54 Å². The van der Waals surface area contributed by atoms with Gasteiger partial charge in [-0.05, 0) is 29.7 Å². The molecule has 2 aromatic rings. The van der Waals surface area contributed by atoms with Crippen LogP contribution in [0.5, 0.6) is 0 Å². The second kappa shape index (κ2) is 10.0. The number of carboxylic acid groups (broad SMARTS) is 1. The summed E-state index contributed by atoms with van der Waals surface area (Å²) >= 11 is 0. The van der Waals surface area contributed by atoms with Gasteiger partial charge in [-0.1, -0.05) is 54.6 Å². The van der Waals surface area contributed by atoms with Gasteiger partial charge in [0.1, 0.15) is 0 Å². The summed E-state index contributed by atoms with van der Waals surface area (Å²) in [6, 6.07) is 17.2. The molecular formula is C18H22ClNO3. The van der Waals surface area contributed by atoms with Gasteiger partial charge in [0.15, 0.2) is 0 Å². The minimum absolute atomic E-state index is 0. The van der Waals surface area contributed by atoms with Crippen molar-refractivity contribution in [3.63, 3.8) is 0 Å². The van der Waals surface area contributed by atoms with E-state index < -0.39 is 12.1 Å². The van der Waals surface area contributed by atoms with Crippen LogP contribution < -0.4 is 5.32 Å². The lowest BCUT2D eigenvalue weighted by molar-refractivity contribution is -0.136. The van der Waals surface area contributed by atoms with E-state index in [-0.39, 0.29) is 18.8 Å². The van der Waals surface area contributed by atoms with Gasteiger partial charge in [-0.3, -0.25) is 4.79 Å². The van der Waals surface area contributed by atoms with Crippen LogP contribution in [0.4, 0.5) is 0 Å². The molecule has 0 saturated carbocycles. The first kappa shape index (κ1) is 19.2.